The summed E-state index contributed by atoms with van der Waals surface area (Å²) in [5.74, 6) is -0.120. The fourth-order valence-electron chi connectivity index (χ4n) is 3.43. The van der Waals surface area contributed by atoms with Crippen LogP contribution >= 0.6 is 0 Å². The summed E-state index contributed by atoms with van der Waals surface area (Å²) in [5, 5.41) is 9.36. The second-order valence-corrected chi connectivity index (χ2v) is 8.86. The van der Waals surface area contributed by atoms with Crippen LogP contribution in [0.3, 0.4) is 0 Å². The van der Waals surface area contributed by atoms with Gasteiger partial charge in [0.05, 0.1) is 5.92 Å². The zero-order valence-corrected chi connectivity index (χ0v) is 16.6. The van der Waals surface area contributed by atoms with Crippen molar-refractivity contribution in [3.8, 4) is 11.5 Å². The Balaban J connectivity index is 1.42. The molecule has 29 heavy (non-hydrogen) atoms. The summed E-state index contributed by atoms with van der Waals surface area (Å²) in [6.07, 6.45) is 2.84. The van der Waals surface area contributed by atoms with Gasteiger partial charge in [0.15, 0.2) is 5.76 Å². The summed E-state index contributed by atoms with van der Waals surface area (Å²) >= 11 is 0. The summed E-state index contributed by atoms with van der Waals surface area (Å²) in [6.45, 7) is 0.933. The molecule has 4 rings (SSSR count). The summed E-state index contributed by atoms with van der Waals surface area (Å²) in [7, 11) is -3.81. The minimum absolute atomic E-state index is 0.132. The average Bonchev–Trinajstić information content (AvgIpc) is 3.45. The Kier molecular flexibility index (Phi) is 5.50. The molecule has 0 saturated carbocycles. The van der Waals surface area contributed by atoms with E-state index in [-0.39, 0.29) is 23.5 Å². The van der Waals surface area contributed by atoms with E-state index in [1.165, 1.54) is 10.4 Å². The SMILES string of the molecule is O=C(NCc1ccccc1)[C@H]1CCCN(S(=O)(=O)c2ccc(-c3ccn[nH]3)o2)C1. The number of sulfonamides is 1. The Morgan fingerprint density at radius 2 is 2.03 bits per heavy atom. The van der Waals surface area contributed by atoms with E-state index in [1.54, 1.807) is 18.3 Å². The number of carbonyl (C=O) groups excluding carboxylic acids is 1. The van der Waals surface area contributed by atoms with E-state index >= 15 is 0 Å². The fraction of sp³-hybridized carbons (Fsp3) is 0.300. The van der Waals surface area contributed by atoms with Crippen LogP contribution in [0.15, 0.2) is 64.2 Å². The van der Waals surface area contributed by atoms with Crippen molar-refractivity contribution in [2.24, 2.45) is 5.92 Å². The highest BCUT2D eigenvalue weighted by Gasteiger charge is 2.35. The number of nitrogens with one attached hydrogen (secondary N) is 2. The Labute approximate surface area is 169 Å². The van der Waals surface area contributed by atoms with Gasteiger partial charge in [0, 0.05) is 25.8 Å². The van der Waals surface area contributed by atoms with E-state index in [9.17, 15) is 13.2 Å². The summed E-state index contributed by atoms with van der Waals surface area (Å²) in [6, 6.07) is 14.3. The Morgan fingerprint density at radius 3 is 2.79 bits per heavy atom. The van der Waals surface area contributed by atoms with Crippen molar-refractivity contribution in [2.75, 3.05) is 13.1 Å². The lowest BCUT2D eigenvalue weighted by Gasteiger charge is -2.30. The molecule has 0 unspecified atom stereocenters. The molecule has 1 amide bonds. The number of H-pyrrole nitrogens is 1. The van der Waals surface area contributed by atoms with Crippen LogP contribution in [-0.2, 0) is 21.4 Å². The standard InChI is InChI=1S/C20H22N4O4S/c25-20(21-13-15-5-2-1-3-6-15)16-7-4-12-24(14-16)29(26,27)19-9-8-18(28-19)17-10-11-22-23-17/h1-3,5-6,8-11,16H,4,7,12-14H2,(H,21,25)(H,22,23)/t16-/m0/s1. The summed E-state index contributed by atoms with van der Waals surface area (Å²) in [4.78, 5) is 12.6. The van der Waals surface area contributed by atoms with Crippen molar-refractivity contribution in [3.05, 3.63) is 60.3 Å². The van der Waals surface area contributed by atoms with Crippen molar-refractivity contribution >= 4 is 15.9 Å². The number of hydrogen-bond acceptors (Lipinski definition) is 5. The van der Waals surface area contributed by atoms with Crippen LogP contribution in [0.5, 0.6) is 0 Å². The number of piperidine rings is 1. The number of nitrogens with zero attached hydrogens (tertiary/aromatic N) is 2. The van der Waals surface area contributed by atoms with E-state index in [0.29, 0.717) is 37.4 Å². The first kappa shape index (κ1) is 19.4. The number of hydrogen-bond donors (Lipinski definition) is 2. The van der Waals surface area contributed by atoms with Gasteiger partial charge >= 0.3 is 0 Å². The first-order valence-electron chi connectivity index (χ1n) is 9.45. The van der Waals surface area contributed by atoms with Gasteiger partial charge in [0.2, 0.25) is 11.0 Å². The number of carbonyl (C=O) groups is 1. The lowest BCUT2D eigenvalue weighted by Crippen LogP contribution is -2.45. The Morgan fingerprint density at radius 1 is 1.21 bits per heavy atom. The molecule has 1 saturated heterocycles. The lowest BCUT2D eigenvalue weighted by atomic mass is 9.99. The van der Waals surface area contributed by atoms with Gasteiger partial charge in [-0.3, -0.25) is 9.89 Å². The molecule has 0 bridgehead atoms. The molecule has 2 aromatic heterocycles. The third kappa shape index (κ3) is 4.25. The van der Waals surface area contributed by atoms with Gasteiger partial charge in [-0.15, -0.1) is 0 Å². The van der Waals surface area contributed by atoms with Gasteiger partial charge < -0.3 is 9.73 Å². The Bertz CT molecular complexity index is 1060. The van der Waals surface area contributed by atoms with E-state index in [4.69, 9.17) is 4.42 Å². The van der Waals surface area contributed by atoms with Crippen LogP contribution in [0.25, 0.3) is 11.5 Å². The number of aromatic nitrogens is 2. The predicted octanol–water partition coefficient (Wildman–Crippen LogP) is 2.39. The highest BCUT2D eigenvalue weighted by Crippen LogP contribution is 2.28. The maximum absolute atomic E-state index is 13.0. The third-order valence-corrected chi connectivity index (χ3v) is 6.75. The van der Waals surface area contributed by atoms with Crippen LogP contribution in [0.1, 0.15) is 18.4 Å². The second-order valence-electron chi connectivity index (χ2n) is 6.99. The summed E-state index contributed by atoms with van der Waals surface area (Å²) in [5.41, 5.74) is 1.60. The van der Waals surface area contributed by atoms with Gasteiger partial charge in [-0.25, -0.2) is 8.42 Å². The third-order valence-electron chi connectivity index (χ3n) is 5.01. The first-order chi connectivity index (χ1) is 14.0. The van der Waals surface area contributed by atoms with Crippen molar-refractivity contribution in [1.82, 2.24) is 19.8 Å². The van der Waals surface area contributed by atoms with Crippen LogP contribution in [0.4, 0.5) is 0 Å². The molecule has 3 heterocycles. The summed E-state index contributed by atoms with van der Waals surface area (Å²) < 4.78 is 32.9. The molecule has 1 fully saturated rings. The van der Waals surface area contributed by atoms with Crippen molar-refractivity contribution in [1.29, 1.82) is 0 Å². The van der Waals surface area contributed by atoms with Gasteiger partial charge in [-0.2, -0.15) is 9.40 Å². The predicted molar refractivity (Wildman–Crippen MR) is 106 cm³/mol. The molecule has 0 aliphatic carbocycles. The number of furan rings is 1. The monoisotopic (exact) mass is 414 g/mol. The van der Waals surface area contributed by atoms with E-state index in [2.05, 4.69) is 15.5 Å². The number of amides is 1. The molecule has 9 heteroatoms. The minimum atomic E-state index is -3.81. The smallest absolute Gasteiger partial charge is 0.276 e. The molecule has 8 nitrogen and oxygen atoms in total. The van der Waals surface area contributed by atoms with Gasteiger partial charge in [0.25, 0.3) is 10.0 Å². The molecule has 0 spiro atoms. The molecule has 1 aromatic carbocycles. The van der Waals surface area contributed by atoms with E-state index < -0.39 is 10.0 Å². The fourth-order valence-corrected chi connectivity index (χ4v) is 4.86. The van der Waals surface area contributed by atoms with E-state index in [1.807, 2.05) is 30.3 Å². The molecule has 152 valence electrons. The normalized spacial score (nSPS) is 17.9. The molecule has 1 aliphatic heterocycles. The zero-order valence-electron chi connectivity index (χ0n) is 15.7. The highest BCUT2D eigenvalue weighted by atomic mass is 32.2. The zero-order chi connectivity index (χ0) is 20.3. The maximum atomic E-state index is 13.0. The molecule has 1 aliphatic rings. The highest BCUT2D eigenvalue weighted by molar-refractivity contribution is 7.89. The van der Waals surface area contributed by atoms with Crippen LogP contribution in [0, 0.1) is 5.92 Å². The molecule has 2 N–H and O–H groups in total. The average molecular weight is 414 g/mol. The number of aromatic amines is 1. The molecule has 0 radical (unpaired) electrons. The van der Waals surface area contributed by atoms with Gasteiger partial charge in [0.1, 0.15) is 5.69 Å². The van der Waals surface area contributed by atoms with Crippen LogP contribution in [0.2, 0.25) is 0 Å². The van der Waals surface area contributed by atoms with Crippen molar-refractivity contribution < 1.29 is 17.6 Å². The topological polar surface area (TPSA) is 108 Å². The molecular weight excluding hydrogens is 392 g/mol. The van der Waals surface area contributed by atoms with Crippen molar-refractivity contribution in [3.63, 3.8) is 0 Å². The maximum Gasteiger partial charge on any atom is 0.276 e. The first-order valence-corrected chi connectivity index (χ1v) is 10.9. The second kappa shape index (κ2) is 8.22. The molecular formula is C20H22N4O4S. The van der Waals surface area contributed by atoms with E-state index in [0.717, 1.165) is 5.56 Å². The minimum Gasteiger partial charge on any atom is -0.442 e. The van der Waals surface area contributed by atoms with Crippen LogP contribution in [-0.4, -0.2) is 41.9 Å². The quantitative estimate of drug-likeness (QED) is 0.644. The van der Waals surface area contributed by atoms with Gasteiger partial charge in [-0.05, 0) is 36.6 Å². The molecule has 1 atom stereocenters. The number of rotatable bonds is 6. The van der Waals surface area contributed by atoms with Gasteiger partial charge in [-0.1, -0.05) is 30.3 Å². The lowest BCUT2D eigenvalue weighted by molar-refractivity contribution is -0.126. The Hall–Kier alpha value is -2.91. The van der Waals surface area contributed by atoms with Crippen molar-refractivity contribution in [2.45, 2.75) is 24.5 Å². The largest absolute Gasteiger partial charge is 0.442 e. The number of benzene rings is 1. The molecule has 3 aromatic rings. The van der Waals surface area contributed by atoms with Crippen LogP contribution < -0.4 is 5.32 Å².